The van der Waals surface area contributed by atoms with Crippen molar-refractivity contribution in [2.75, 3.05) is 6.54 Å². The number of carbonyl (C=O) groups is 1. The van der Waals surface area contributed by atoms with Gasteiger partial charge in [0.1, 0.15) is 11.4 Å². The average Bonchev–Trinajstić information content (AvgIpc) is 3.29. The minimum Gasteiger partial charge on any atom is -0.361 e. The Balaban J connectivity index is 1.46. The Kier molecular flexibility index (Phi) is 5.35. The molecule has 0 aliphatic heterocycles. The van der Waals surface area contributed by atoms with Crippen LogP contribution in [0.2, 0.25) is 0 Å². The van der Waals surface area contributed by atoms with Gasteiger partial charge in [-0.05, 0) is 44.9 Å². The first-order valence-electron chi connectivity index (χ1n) is 10.1. The molecule has 30 heavy (non-hydrogen) atoms. The third kappa shape index (κ3) is 3.70. The molecule has 4 aromatic rings. The Morgan fingerprint density at radius 2 is 2.10 bits per heavy atom. The van der Waals surface area contributed by atoms with Crippen LogP contribution in [0.15, 0.2) is 47.5 Å². The summed E-state index contributed by atoms with van der Waals surface area (Å²) < 4.78 is 9.32. The molecule has 4 heterocycles. The molecule has 0 saturated heterocycles. The van der Waals surface area contributed by atoms with E-state index in [1.165, 1.54) is 11.1 Å². The Bertz CT molecular complexity index is 1200. The van der Waals surface area contributed by atoms with Gasteiger partial charge in [-0.15, -0.1) is 0 Å². The van der Waals surface area contributed by atoms with E-state index in [9.17, 15) is 4.79 Å². The number of nitrogens with one attached hydrogen (secondary N) is 1. The van der Waals surface area contributed by atoms with Gasteiger partial charge in [0.2, 0.25) is 0 Å². The number of nitrogens with zero attached hydrogens (tertiary/aromatic N) is 4. The Hall–Kier alpha value is -3.48. The van der Waals surface area contributed by atoms with E-state index >= 15 is 0 Å². The van der Waals surface area contributed by atoms with Gasteiger partial charge < -0.3 is 9.84 Å². The molecule has 0 fully saturated rings. The van der Waals surface area contributed by atoms with Gasteiger partial charge >= 0.3 is 0 Å². The molecule has 4 aromatic heterocycles. The lowest BCUT2D eigenvalue weighted by molar-refractivity contribution is -0.695. The summed E-state index contributed by atoms with van der Waals surface area (Å²) in [6.45, 7) is 9.33. The molecule has 7 heteroatoms. The van der Waals surface area contributed by atoms with Gasteiger partial charge in [0.25, 0.3) is 5.91 Å². The van der Waals surface area contributed by atoms with E-state index in [0.29, 0.717) is 17.8 Å². The van der Waals surface area contributed by atoms with Crippen LogP contribution in [0, 0.1) is 20.8 Å². The fourth-order valence-electron chi connectivity index (χ4n) is 3.78. The molecule has 0 aliphatic carbocycles. The van der Waals surface area contributed by atoms with Crippen molar-refractivity contribution in [2.24, 2.45) is 0 Å². The first-order chi connectivity index (χ1) is 14.5. The van der Waals surface area contributed by atoms with Crippen LogP contribution in [-0.4, -0.2) is 27.0 Å². The molecule has 0 spiro atoms. The van der Waals surface area contributed by atoms with Crippen LogP contribution >= 0.6 is 0 Å². The van der Waals surface area contributed by atoms with E-state index in [4.69, 9.17) is 4.52 Å². The van der Waals surface area contributed by atoms with Crippen molar-refractivity contribution in [2.45, 2.75) is 40.7 Å². The zero-order valence-electron chi connectivity index (χ0n) is 17.8. The molecule has 0 saturated carbocycles. The number of aryl methyl sites for hydroxylation is 4. The lowest BCUT2D eigenvalue weighted by Gasteiger charge is -2.06. The van der Waals surface area contributed by atoms with Crippen LogP contribution in [0.5, 0.6) is 0 Å². The molecular weight excluding hydrogens is 378 g/mol. The van der Waals surface area contributed by atoms with Gasteiger partial charge in [0.15, 0.2) is 18.9 Å². The van der Waals surface area contributed by atoms with Crippen molar-refractivity contribution >= 4 is 11.6 Å². The van der Waals surface area contributed by atoms with Gasteiger partial charge in [-0.3, -0.25) is 9.20 Å². The number of hydrogen-bond acceptors (Lipinski definition) is 4. The second-order valence-electron chi connectivity index (χ2n) is 7.49. The number of pyridine rings is 2. The highest BCUT2D eigenvalue weighted by atomic mass is 16.5. The maximum atomic E-state index is 12.6. The highest BCUT2D eigenvalue weighted by molar-refractivity contribution is 5.95. The second-order valence-corrected chi connectivity index (χ2v) is 7.49. The zero-order chi connectivity index (χ0) is 21.3. The summed E-state index contributed by atoms with van der Waals surface area (Å²) in [4.78, 5) is 17.1. The second kappa shape index (κ2) is 8.10. The molecule has 154 valence electrons. The Morgan fingerprint density at radius 3 is 2.80 bits per heavy atom. The van der Waals surface area contributed by atoms with E-state index < -0.39 is 0 Å². The van der Waals surface area contributed by atoms with E-state index in [-0.39, 0.29) is 5.91 Å². The predicted molar refractivity (Wildman–Crippen MR) is 113 cm³/mol. The third-order valence-corrected chi connectivity index (χ3v) is 5.43. The SMILES string of the molecule is CCc1cc[n+](CCNC(=O)c2ccn3c(-c4c(C)noc4C)cnc3c2)cc1C. The molecule has 7 nitrogen and oxygen atoms in total. The number of hydrogen-bond donors (Lipinski definition) is 1. The van der Waals surface area contributed by atoms with E-state index in [1.807, 2.05) is 24.4 Å². The monoisotopic (exact) mass is 404 g/mol. The van der Waals surface area contributed by atoms with Crippen LogP contribution in [0.3, 0.4) is 0 Å². The van der Waals surface area contributed by atoms with Crippen LogP contribution in [0.1, 0.15) is 39.9 Å². The molecule has 0 aliphatic rings. The lowest BCUT2D eigenvalue weighted by Crippen LogP contribution is -2.40. The quantitative estimate of drug-likeness (QED) is 0.501. The van der Waals surface area contributed by atoms with E-state index in [0.717, 1.165) is 35.7 Å². The highest BCUT2D eigenvalue weighted by Crippen LogP contribution is 2.27. The highest BCUT2D eigenvalue weighted by Gasteiger charge is 2.17. The summed E-state index contributed by atoms with van der Waals surface area (Å²) in [5, 5.41) is 7.01. The molecular formula is C23H26N5O2+. The molecule has 1 N–H and O–H groups in total. The summed E-state index contributed by atoms with van der Waals surface area (Å²) in [5.41, 5.74) is 6.55. The summed E-state index contributed by atoms with van der Waals surface area (Å²) in [5.74, 6) is 0.637. The number of amides is 1. The molecule has 0 atom stereocenters. The number of fused-ring (bicyclic) bond motifs is 1. The van der Waals surface area contributed by atoms with Crippen molar-refractivity contribution in [3.63, 3.8) is 0 Å². The first kappa shape index (κ1) is 19.8. The molecule has 0 aromatic carbocycles. The minimum absolute atomic E-state index is 0.109. The fourth-order valence-corrected chi connectivity index (χ4v) is 3.78. The predicted octanol–water partition coefficient (Wildman–Crippen LogP) is 3.19. The molecule has 0 radical (unpaired) electrons. The fraction of sp³-hybridized carbons (Fsp3) is 0.304. The maximum Gasteiger partial charge on any atom is 0.251 e. The van der Waals surface area contributed by atoms with E-state index in [1.54, 1.807) is 18.3 Å². The first-order valence-corrected chi connectivity index (χ1v) is 10.1. The van der Waals surface area contributed by atoms with Crippen molar-refractivity contribution in [1.82, 2.24) is 19.9 Å². The van der Waals surface area contributed by atoms with Gasteiger partial charge in [-0.1, -0.05) is 12.1 Å². The zero-order valence-corrected chi connectivity index (χ0v) is 17.8. The number of carbonyl (C=O) groups excluding carboxylic acids is 1. The van der Waals surface area contributed by atoms with Crippen LogP contribution < -0.4 is 9.88 Å². The molecule has 0 bridgehead atoms. The minimum atomic E-state index is -0.109. The Morgan fingerprint density at radius 1 is 1.27 bits per heavy atom. The average molecular weight is 404 g/mol. The van der Waals surface area contributed by atoms with Gasteiger partial charge in [-0.2, -0.15) is 0 Å². The smallest absolute Gasteiger partial charge is 0.251 e. The van der Waals surface area contributed by atoms with Crippen molar-refractivity contribution in [3.8, 4) is 11.3 Å². The lowest BCUT2D eigenvalue weighted by atomic mass is 10.1. The third-order valence-electron chi connectivity index (χ3n) is 5.43. The number of imidazole rings is 1. The van der Waals surface area contributed by atoms with Crippen molar-refractivity contribution in [3.05, 3.63) is 71.1 Å². The molecule has 4 rings (SSSR count). The topological polar surface area (TPSA) is 76.3 Å². The van der Waals surface area contributed by atoms with Gasteiger partial charge in [-0.25, -0.2) is 9.55 Å². The van der Waals surface area contributed by atoms with Crippen molar-refractivity contribution < 1.29 is 13.9 Å². The van der Waals surface area contributed by atoms with E-state index in [2.05, 4.69) is 52.3 Å². The summed E-state index contributed by atoms with van der Waals surface area (Å²) in [6.07, 6.45) is 8.85. The summed E-state index contributed by atoms with van der Waals surface area (Å²) in [6, 6.07) is 5.74. The maximum absolute atomic E-state index is 12.6. The van der Waals surface area contributed by atoms with Gasteiger partial charge in [0.05, 0.1) is 29.7 Å². The molecule has 0 unspecified atom stereocenters. The molecule has 1 amide bonds. The summed E-state index contributed by atoms with van der Waals surface area (Å²) >= 11 is 0. The normalized spacial score (nSPS) is 11.2. The number of rotatable bonds is 6. The van der Waals surface area contributed by atoms with Crippen LogP contribution in [0.4, 0.5) is 0 Å². The van der Waals surface area contributed by atoms with Crippen LogP contribution in [-0.2, 0) is 13.0 Å². The van der Waals surface area contributed by atoms with Gasteiger partial charge in [0, 0.05) is 23.4 Å². The Labute approximate surface area is 175 Å². The van der Waals surface area contributed by atoms with Crippen LogP contribution in [0.25, 0.3) is 16.9 Å². The van der Waals surface area contributed by atoms with Crippen molar-refractivity contribution in [1.29, 1.82) is 0 Å². The standard InChI is InChI=1S/C23H25N5O2/c1-5-18-6-9-27(14-15(18)2)11-8-24-23(29)19-7-10-28-20(13-25-21(28)12-19)22-16(3)26-30-17(22)4/h6-7,9-10,12-14H,5,8,11H2,1-4H3/p+1. The number of aromatic nitrogens is 4. The summed E-state index contributed by atoms with van der Waals surface area (Å²) in [7, 11) is 0. The largest absolute Gasteiger partial charge is 0.361 e.